The lowest BCUT2D eigenvalue weighted by Gasteiger charge is -2.25. The molecule has 1 aliphatic rings. The molecule has 0 radical (unpaired) electrons. The van der Waals surface area contributed by atoms with Crippen LogP contribution in [0, 0.1) is 0 Å². The van der Waals surface area contributed by atoms with Gasteiger partial charge in [-0.25, -0.2) is 0 Å². The van der Waals surface area contributed by atoms with Crippen LogP contribution in [0.3, 0.4) is 0 Å². The van der Waals surface area contributed by atoms with Gasteiger partial charge in [0.05, 0.1) is 11.6 Å². The molecule has 18 heavy (non-hydrogen) atoms. The van der Waals surface area contributed by atoms with Crippen molar-refractivity contribution in [2.45, 2.75) is 51.7 Å². The largest absolute Gasteiger partial charge is 0.366 e. The summed E-state index contributed by atoms with van der Waals surface area (Å²) < 4.78 is 5.49. The van der Waals surface area contributed by atoms with E-state index in [1.807, 2.05) is 20.8 Å². The first-order chi connectivity index (χ1) is 8.46. The fourth-order valence-corrected chi connectivity index (χ4v) is 3.14. The van der Waals surface area contributed by atoms with E-state index >= 15 is 0 Å². The molecule has 1 unspecified atom stereocenters. The lowest BCUT2D eigenvalue weighted by molar-refractivity contribution is -0.131. The third kappa shape index (κ3) is 3.56. The molecule has 0 spiro atoms. The van der Waals surface area contributed by atoms with Gasteiger partial charge in [0.25, 0.3) is 0 Å². The standard InChI is InChI=1S/C14H21NO2S/c1-14(2,3)17-9-13(16)15-11-5-4-6-12-10(11)7-8-18-12/h7-8,11H,4-6,9H2,1-3H3,(H,15,16). The Hall–Kier alpha value is -0.870. The Labute approximate surface area is 113 Å². The van der Waals surface area contributed by atoms with Crippen LogP contribution in [0.2, 0.25) is 0 Å². The van der Waals surface area contributed by atoms with Crippen LogP contribution >= 0.6 is 11.3 Å². The third-order valence-electron chi connectivity index (χ3n) is 3.02. The molecule has 1 aliphatic carbocycles. The Kier molecular flexibility index (Phi) is 4.07. The van der Waals surface area contributed by atoms with E-state index in [1.165, 1.54) is 10.4 Å². The molecule has 0 fully saturated rings. The van der Waals surface area contributed by atoms with Crippen LogP contribution in [-0.4, -0.2) is 18.1 Å². The summed E-state index contributed by atoms with van der Waals surface area (Å²) in [5.41, 5.74) is 1.03. The maximum atomic E-state index is 11.9. The topological polar surface area (TPSA) is 38.3 Å². The number of amides is 1. The number of carbonyl (C=O) groups is 1. The van der Waals surface area contributed by atoms with Crippen LogP contribution in [0.5, 0.6) is 0 Å². The highest BCUT2D eigenvalue weighted by atomic mass is 32.1. The molecule has 1 aromatic heterocycles. The van der Waals surface area contributed by atoms with E-state index in [4.69, 9.17) is 4.74 Å². The van der Waals surface area contributed by atoms with Gasteiger partial charge < -0.3 is 10.1 Å². The van der Waals surface area contributed by atoms with Crippen molar-refractivity contribution >= 4 is 17.2 Å². The molecular formula is C14H21NO2S. The molecule has 0 bridgehead atoms. The number of fused-ring (bicyclic) bond motifs is 1. The molecule has 1 N–H and O–H groups in total. The van der Waals surface area contributed by atoms with E-state index in [2.05, 4.69) is 16.8 Å². The highest BCUT2D eigenvalue weighted by molar-refractivity contribution is 7.10. The predicted octanol–water partition coefficient (Wildman–Crippen LogP) is 3.06. The summed E-state index contributed by atoms with van der Waals surface area (Å²) in [4.78, 5) is 13.3. The number of carbonyl (C=O) groups excluding carboxylic acids is 1. The van der Waals surface area contributed by atoms with Crippen LogP contribution in [0.4, 0.5) is 0 Å². The molecule has 2 rings (SSSR count). The lowest BCUT2D eigenvalue weighted by atomic mass is 9.94. The predicted molar refractivity (Wildman–Crippen MR) is 73.8 cm³/mol. The van der Waals surface area contributed by atoms with Crippen LogP contribution < -0.4 is 5.32 Å². The molecule has 4 heteroatoms. The van der Waals surface area contributed by atoms with Crippen molar-refractivity contribution in [3.05, 3.63) is 21.9 Å². The Balaban J connectivity index is 1.90. The van der Waals surface area contributed by atoms with Gasteiger partial charge in [-0.05, 0) is 57.0 Å². The van der Waals surface area contributed by atoms with Gasteiger partial charge in [0, 0.05) is 4.88 Å². The molecule has 1 atom stereocenters. The molecule has 0 saturated carbocycles. The summed E-state index contributed by atoms with van der Waals surface area (Å²) in [5, 5.41) is 5.19. The number of nitrogens with one attached hydrogen (secondary N) is 1. The van der Waals surface area contributed by atoms with Crippen molar-refractivity contribution in [3.8, 4) is 0 Å². The minimum Gasteiger partial charge on any atom is -0.366 e. The lowest BCUT2D eigenvalue weighted by Crippen LogP contribution is -2.35. The van der Waals surface area contributed by atoms with Gasteiger partial charge in [0.15, 0.2) is 0 Å². The Bertz CT molecular complexity index is 420. The molecular weight excluding hydrogens is 246 g/mol. The number of ether oxygens (including phenoxy) is 1. The Morgan fingerprint density at radius 2 is 2.33 bits per heavy atom. The summed E-state index contributed by atoms with van der Waals surface area (Å²) >= 11 is 1.79. The number of thiophene rings is 1. The molecule has 1 aromatic rings. The van der Waals surface area contributed by atoms with Gasteiger partial charge in [0.2, 0.25) is 5.91 Å². The summed E-state index contributed by atoms with van der Waals surface area (Å²) in [6, 6.07) is 2.31. The second kappa shape index (κ2) is 5.41. The van der Waals surface area contributed by atoms with E-state index in [0.717, 1.165) is 19.3 Å². The van der Waals surface area contributed by atoms with E-state index in [-0.39, 0.29) is 24.2 Å². The zero-order valence-electron chi connectivity index (χ0n) is 11.3. The normalized spacial score (nSPS) is 19.4. The van der Waals surface area contributed by atoms with E-state index in [0.29, 0.717) is 0 Å². The first-order valence-corrected chi connectivity index (χ1v) is 7.33. The van der Waals surface area contributed by atoms with Gasteiger partial charge in [0.1, 0.15) is 6.61 Å². The van der Waals surface area contributed by atoms with Crippen molar-refractivity contribution < 1.29 is 9.53 Å². The van der Waals surface area contributed by atoms with Crippen molar-refractivity contribution in [1.82, 2.24) is 5.32 Å². The monoisotopic (exact) mass is 267 g/mol. The fraction of sp³-hybridized carbons (Fsp3) is 0.643. The zero-order valence-corrected chi connectivity index (χ0v) is 12.1. The van der Waals surface area contributed by atoms with E-state index in [9.17, 15) is 4.79 Å². The minimum absolute atomic E-state index is 0.0195. The Morgan fingerprint density at radius 3 is 3.06 bits per heavy atom. The zero-order chi connectivity index (χ0) is 13.2. The number of hydrogen-bond donors (Lipinski definition) is 1. The van der Waals surface area contributed by atoms with E-state index in [1.54, 1.807) is 11.3 Å². The summed E-state index contributed by atoms with van der Waals surface area (Å²) in [5.74, 6) is -0.0195. The van der Waals surface area contributed by atoms with Crippen LogP contribution in [-0.2, 0) is 16.0 Å². The smallest absolute Gasteiger partial charge is 0.246 e. The van der Waals surface area contributed by atoms with Gasteiger partial charge in [-0.2, -0.15) is 0 Å². The first kappa shape index (κ1) is 13.6. The number of rotatable bonds is 3. The molecule has 0 aliphatic heterocycles. The minimum atomic E-state index is -0.266. The fourth-order valence-electron chi connectivity index (χ4n) is 2.15. The average Bonchev–Trinajstić information content (AvgIpc) is 2.74. The van der Waals surface area contributed by atoms with Crippen LogP contribution in [0.25, 0.3) is 0 Å². The van der Waals surface area contributed by atoms with Gasteiger partial charge >= 0.3 is 0 Å². The van der Waals surface area contributed by atoms with Gasteiger partial charge in [-0.3, -0.25) is 4.79 Å². The molecule has 100 valence electrons. The molecule has 1 heterocycles. The highest BCUT2D eigenvalue weighted by Crippen LogP contribution is 2.33. The SMILES string of the molecule is CC(C)(C)OCC(=O)NC1CCCc2sccc21. The van der Waals surface area contributed by atoms with Crippen molar-refractivity contribution in [2.24, 2.45) is 0 Å². The highest BCUT2D eigenvalue weighted by Gasteiger charge is 2.23. The van der Waals surface area contributed by atoms with Gasteiger partial charge in [-0.15, -0.1) is 11.3 Å². The second-order valence-corrected chi connectivity index (χ2v) is 6.71. The second-order valence-electron chi connectivity index (χ2n) is 5.71. The maximum Gasteiger partial charge on any atom is 0.246 e. The molecule has 0 saturated heterocycles. The number of hydrogen-bond acceptors (Lipinski definition) is 3. The third-order valence-corrected chi connectivity index (χ3v) is 4.02. The quantitative estimate of drug-likeness (QED) is 0.914. The first-order valence-electron chi connectivity index (χ1n) is 6.45. The van der Waals surface area contributed by atoms with Crippen molar-refractivity contribution in [3.63, 3.8) is 0 Å². The molecule has 0 aromatic carbocycles. The maximum absolute atomic E-state index is 11.9. The van der Waals surface area contributed by atoms with Gasteiger partial charge in [-0.1, -0.05) is 0 Å². The van der Waals surface area contributed by atoms with E-state index < -0.39 is 0 Å². The molecule has 1 amide bonds. The Morgan fingerprint density at radius 1 is 1.56 bits per heavy atom. The molecule has 3 nitrogen and oxygen atoms in total. The van der Waals surface area contributed by atoms with Crippen molar-refractivity contribution in [2.75, 3.05) is 6.61 Å². The number of aryl methyl sites for hydroxylation is 1. The summed E-state index contributed by atoms with van der Waals surface area (Å²) in [7, 11) is 0. The summed E-state index contributed by atoms with van der Waals surface area (Å²) in [6.45, 7) is 6.01. The van der Waals surface area contributed by atoms with Crippen LogP contribution in [0.15, 0.2) is 11.4 Å². The van der Waals surface area contributed by atoms with Crippen molar-refractivity contribution in [1.29, 1.82) is 0 Å². The van der Waals surface area contributed by atoms with Crippen LogP contribution in [0.1, 0.15) is 50.1 Å². The summed E-state index contributed by atoms with van der Waals surface area (Å²) in [6.07, 6.45) is 3.33. The average molecular weight is 267 g/mol.